The molecule has 2 N–H and O–H groups in total. The van der Waals surface area contributed by atoms with Gasteiger partial charge in [0, 0.05) is 31.5 Å². The molecular formula is C16H17FN6O2S. The zero-order chi connectivity index (χ0) is 18.6. The Morgan fingerprint density at radius 1 is 1.12 bits per heavy atom. The van der Waals surface area contributed by atoms with Gasteiger partial charge in [0.2, 0.25) is 10.0 Å². The largest absolute Gasteiger partial charge is 0.369 e. The lowest BCUT2D eigenvalue weighted by Gasteiger charge is -2.09. The molecule has 0 fully saturated rings. The number of hydrogen-bond donors (Lipinski definition) is 2. The van der Waals surface area contributed by atoms with Crippen LogP contribution in [0.4, 0.5) is 10.2 Å². The van der Waals surface area contributed by atoms with Crippen molar-refractivity contribution in [2.24, 2.45) is 0 Å². The topological polar surface area (TPSA) is 102 Å². The monoisotopic (exact) mass is 376 g/mol. The van der Waals surface area contributed by atoms with Crippen molar-refractivity contribution in [2.75, 3.05) is 18.4 Å². The van der Waals surface area contributed by atoms with E-state index in [1.807, 2.05) is 11.5 Å². The number of anilines is 1. The summed E-state index contributed by atoms with van der Waals surface area (Å²) in [6, 6.07) is 6.38. The quantitative estimate of drug-likeness (QED) is 0.606. The molecule has 8 nitrogen and oxygen atoms in total. The highest BCUT2D eigenvalue weighted by Gasteiger charge is 2.13. The van der Waals surface area contributed by atoms with Crippen LogP contribution in [-0.2, 0) is 10.0 Å². The van der Waals surface area contributed by atoms with Crippen molar-refractivity contribution < 1.29 is 12.8 Å². The van der Waals surface area contributed by atoms with E-state index in [0.29, 0.717) is 18.2 Å². The van der Waals surface area contributed by atoms with Crippen LogP contribution in [0, 0.1) is 12.7 Å². The van der Waals surface area contributed by atoms with Gasteiger partial charge in [-0.05, 0) is 31.2 Å². The molecule has 1 aromatic carbocycles. The lowest BCUT2D eigenvalue weighted by atomic mass is 10.4. The number of imidazole rings is 1. The standard InChI is InChI=1S/C16H17FN6O2S/c1-12-18-8-9-23(12)16-10-15(20-11-21-16)19-6-7-22-26(24,25)14-4-2-13(17)3-5-14/h2-5,8-11,22H,6-7H2,1H3,(H,19,20,21). The van der Waals surface area contributed by atoms with Crippen molar-refractivity contribution in [3.05, 3.63) is 60.7 Å². The summed E-state index contributed by atoms with van der Waals surface area (Å²) in [5.41, 5.74) is 0. The van der Waals surface area contributed by atoms with E-state index < -0.39 is 15.8 Å². The van der Waals surface area contributed by atoms with Crippen LogP contribution in [0.5, 0.6) is 0 Å². The lowest BCUT2D eigenvalue weighted by molar-refractivity contribution is 0.582. The van der Waals surface area contributed by atoms with E-state index in [9.17, 15) is 12.8 Å². The summed E-state index contributed by atoms with van der Waals surface area (Å²) in [7, 11) is -3.68. The Hall–Kier alpha value is -2.85. The van der Waals surface area contributed by atoms with Crippen LogP contribution in [0.1, 0.15) is 5.82 Å². The van der Waals surface area contributed by atoms with Gasteiger partial charge in [-0.3, -0.25) is 4.57 Å². The second-order valence-electron chi connectivity index (χ2n) is 5.38. The smallest absolute Gasteiger partial charge is 0.240 e. The molecule has 26 heavy (non-hydrogen) atoms. The molecule has 0 aliphatic carbocycles. The second-order valence-corrected chi connectivity index (χ2v) is 7.15. The van der Waals surface area contributed by atoms with Crippen molar-refractivity contribution in [3.63, 3.8) is 0 Å². The Balaban J connectivity index is 1.57. The van der Waals surface area contributed by atoms with Crippen LogP contribution in [0.3, 0.4) is 0 Å². The first-order valence-corrected chi connectivity index (χ1v) is 9.25. The minimum absolute atomic E-state index is 0.0128. The molecule has 3 rings (SSSR count). The fraction of sp³-hybridized carbons (Fsp3) is 0.188. The highest BCUT2D eigenvalue weighted by Crippen LogP contribution is 2.11. The zero-order valence-corrected chi connectivity index (χ0v) is 14.7. The molecular weight excluding hydrogens is 359 g/mol. The van der Waals surface area contributed by atoms with Crippen molar-refractivity contribution in [3.8, 4) is 5.82 Å². The Kier molecular flexibility index (Phi) is 5.24. The number of hydrogen-bond acceptors (Lipinski definition) is 6. The highest BCUT2D eigenvalue weighted by molar-refractivity contribution is 7.89. The summed E-state index contributed by atoms with van der Waals surface area (Å²) in [6.07, 6.45) is 4.88. The van der Waals surface area contributed by atoms with Gasteiger partial charge in [0.15, 0.2) is 0 Å². The summed E-state index contributed by atoms with van der Waals surface area (Å²) in [5.74, 6) is 1.52. The van der Waals surface area contributed by atoms with E-state index >= 15 is 0 Å². The van der Waals surface area contributed by atoms with E-state index in [2.05, 4.69) is 25.0 Å². The average Bonchev–Trinajstić information content (AvgIpc) is 3.05. The van der Waals surface area contributed by atoms with E-state index in [1.54, 1.807) is 18.5 Å². The lowest BCUT2D eigenvalue weighted by Crippen LogP contribution is -2.29. The van der Waals surface area contributed by atoms with Crippen LogP contribution >= 0.6 is 0 Å². The van der Waals surface area contributed by atoms with Crippen LogP contribution in [-0.4, -0.2) is 41.0 Å². The number of sulfonamides is 1. The molecule has 0 amide bonds. The maximum absolute atomic E-state index is 12.9. The third-order valence-electron chi connectivity index (χ3n) is 3.57. The number of aromatic nitrogens is 4. The van der Waals surface area contributed by atoms with Crippen LogP contribution in [0.15, 0.2) is 53.9 Å². The van der Waals surface area contributed by atoms with Gasteiger partial charge in [-0.1, -0.05) is 0 Å². The molecule has 2 aromatic heterocycles. The average molecular weight is 376 g/mol. The number of aryl methyl sites for hydroxylation is 1. The first kappa shape index (κ1) is 18.0. The Morgan fingerprint density at radius 3 is 2.58 bits per heavy atom. The maximum Gasteiger partial charge on any atom is 0.240 e. The minimum atomic E-state index is -3.68. The second kappa shape index (κ2) is 7.58. The summed E-state index contributed by atoms with van der Waals surface area (Å²) in [4.78, 5) is 12.4. The van der Waals surface area contributed by atoms with Gasteiger partial charge in [0.25, 0.3) is 0 Å². The first-order valence-electron chi connectivity index (χ1n) is 7.77. The van der Waals surface area contributed by atoms with Gasteiger partial charge in [-0.15, -0.1) is 0 Å². The fourth-order valence-corrected chi connectivity index (χ4v) is 3.30. The Morgan fingerprint density at radius 2 is 1.88 bits per heavy atom. The summed E-state index contributed by atoms with van der Waals surface area (Å²) >= 11 is 0. The van der Waals surface area contributed by atoms with E-state index in [1.165, 1.54) is 18.5 Å². The molecule has 0 bridgehead atoms. The number of nitrogens with one attached hydrogen (secondary N) is 2. The Labute approximate surface area is 150 Å². The zero-order valence-electron chi connectivity index (χ0n) is 13.9. The summed E-state index contributed by atoms with van der Waals surface area (Å²) in [6.45, 7) is 2.32. The molecule has 0 aliphatic rings. The molecule has 0 aliphatic heterocycles. The summed E-state index contributed by atoms with van der Waals surface area (Å²) < 4.78 is 41.3. The van der Waals surface area contributed by atoms with Crippen LogP contribution in [0.25, 0.3) is 5.82 Å². The number of halogens is 1. The minimum Gasteiger partial charge on any atom is -0.369 e. The molecule has 10 heteroatoms. The molecule has 0 atom stereocenters. The maximum atomic E-state index is 12.9. The molecule has 0 saturated carbocycles. The molecule has 0 radical (unpaired) electrons. The van der Waals surface area contributed by atoms with Gasteiger partial charge in [-0.25, -0.2) is 32.5 Å². The van der Waals surface area contributed by atoms with E-state index in [0.717, 1.165) is 18.0 Å². The molecule has 136 valence electrons. The molecule has 0 spiro atoms. The predicted octanol–water partition coefficient (Wildman–Crippen LogP) is 1.50. The number of nitrogens with zero attached hydrogens (tertiary/aromatic N) is 4. The van der Waals surface area contributed by atoms with Crippen molar-refractivity contribution in [2.45, 2.75) is 11.8 Å². The molecule has 0 saturated heterocycles. The van der Waals surface area contributed by atoms with Crippen molar-refractivity contribution >= 4 is 15.8 Å². The molecule has 0 unspecified atom stereocenters. The third kappa shape index (κ3) is 4.21. The fourth-order valence-electron chi connectivity index (χ4n) is 2.27. The van der Waals surface area contributed by atoms with Gasteiger partial charge in [0.1, 0.15) is 29.6 Å². The number of rotatable bonds is 7. The highest BCUT2D eigenvalue weighted by atomic mass is 32.2. The normalized spacial score (nSPS) is 11.5. The van der Waals surface area contributed by atoms with E-state index in [4.69, 9.17) is 0 Å². The third-order valence-corrected chi connectivity index (χ3v) is 5.05. The van der Waals surface area contributed by atoms with Crippen LogP contribution < -0.4 is 10.0 Å². The number of benzene rings is 1. The molecule has 3 aromatic rings. The van der Waals surface area contributed by atoms with Gasteiger partial charge in [-0.2, -0.15) is 0 Å². The molecule has 2 heterocycles. The van der Waals surface area contributed by atoms with Crippen molar-refractivity contribution in [1.82, 2.24) is 24.2 Å². The van der Waals surface area contributed by atoms with Gasteiger partial charge in [0.05, 0.1) is 4.90 Å². The van der Waals surface area contributed by atoms with Crippen LogP contribution in [0.2, 0.25) is 0 Å². The predicted molar refractivity (Wildman–Crippen MR) is 94.0 cm³/mol. The van der Waals surface area contributed by atoms with E-state index in [-0.39, 0.29) is 11.4 Å². The van der Waals surface area contributed by atoms with Gasteiger partial charge >= 0.3 is 0 Å². The van der Waals surface area contributed by atoms with Crippen molar-refractivity contribution in [1.29, 1.82) is 0 Å². The Bertz CT molecular complexity index is 988. The van der Waals surface area contributed by atoms with Gasteiger partial charge < -0.3 is 5.32 Å². The first-order chi connectivity index (χ1) is 12.5. The SMILES string of the molecule is Cc1nccn1-c1cc(NCCNS(=O)(=O)c2ccc(F)cc2)ncn1. The summed E-state index contributed by atoms with van der Waals surface area (Å²) in [5, 5.41) is 3.03.